The Morgan fingerprint density at radius 1 is 1.11 bits per heavy atom. The van der Waals surface area contributed by atoms with E-state index >= 15 is 0 Å². The van der Waals surface area contributed by atoms with E-state index in [9.17, 15) is 29.2 Å². The van der Waals surface area contributed by atoms with Crippen molar-refractivity contribution in [3.8, 4) is 5.75 Å². The zero-order chi connectivity index (χ0) is 27.0. The monoisotopic (exact) mass is 518 g/mol. The van der Waals surface area contributed by atoms with Crippen molar-refractivity contribution in [1.29, 1.82) is 0 Å². The van der Waals surface area contributed by atoms with Gasteiger partial charge in [-0.3, -0.25) is 9.59 Å². The van der Waals surface area contributed by atoms with Crippen molar-refractivity contribution in [2.24, 2.45) is 17.8 Å². The molecule has 0 bridgehead atoms. The summed E-state index contributed by atoms with van der Waals surface area (Å²) in [6.07, 6.45) is 4.66. The van der Waals surface area contributed by atoms with E-state index in [-0.39, 0.29) is 30.4 Å². The minimum atomic E-state index is -1.09. The summed E-state index contributed by atoms with van der Waals surface area (Å²) >= 11 is 0. The average Bonchev–Trinajstić information content (AvgIpc) is 2.91. The Bertz CT molecular complexity index is 1320. The van der Waals surface area contributed by atoms with E-state index < -0.39 is 36.6 Å². The van der Waals surface area contributed by atoms with Crippen LogP contribution in [0, 0.1) is 23.6 Å². The van der Waals surface area contributed by atoms with Gasteiger partial charge in [-0.1, -0.05) is 55.3 Å². The van der Waals surface area contributed by atoms with Gasteiger partial charge < -0.3 is 19.9 Å². The van der Waals surface area contributed by atoms with E-state index in [0.29, 0.717) is 36.0 Å². The summed E-state index contributed by atoms with van der Waals surface area (Å²) in [5, 5.41) is 30.5. The van der Waals surface area contributed by atoms with Gasteiger partial charge in [-0.25, -0.2) is 4.39 Å². The number of fused-ring (bicyclic) bond motifs is 4. The van der Waals surface area contributed by atoms with Crippen LogP contribution in [-0.2, 0) is 4.65 Å². The maximum atomic E-state index is 13.9. The molecule has 4 atom stereocenters. The van der Waals surface area contributed by atoms with Crippen LogP contribution in [0.25, 0.3) is 6.08 Å². The molecule has 6 nitrogen and oxygen atoms in total. The lowest BCUT2D eigenvalue weighted by Crippen LogP contribution is -2.51. The van der Waals surface area contributed by atoms with Crippen LogP contribution in [0.15, 0.2) is 59.2 Å². The van der Waals surface area contributed by atoms with Crippen molar-refractivity contribution in [1.82, 2.24) is 0 Å². The summed E-state index contributed by atoms with van der Waals surface area (Å²) in [5.74, 6) is -2.78. The van der Waals surface area contributed by atoms with Gasteiger partial charge in [-0.2, -0.15) is 0 Å². The number of rotatable bonds is 7. The van der Waals surface area contributed by atoms with Gasteiger partial charge in [-0.15, -0.1) is 0 Å². The van der Waals surface area contributed by atoms with Crippen LogP contribution in [-0.4, -0.2) is 46.6 Å². The smallest absolute Gasteiger partial charge is 0.455 e. The van der Waals surface area contributed by atoms with Crippen molar-refractivity contribution in [2.75, 3.05) is 6.61 Å². The number of carbonyl (C=O) groups is 2. The Morgan fingerprint density at radius 3 is 2.53 bits per heavy atom. The standard InChI is InChI=1S/C30H32BFO6/c1-2-5-17(12-18-8-10-25(34)24(32)13-18)9-11-26-27-19(16-33)14-22-28(23(27)15-31(37)38-26)30(36)21-7-4-3-6-20(21)29(22)35/h3-4,6-8,10,12-13,22-23,26,28,33-34,37H,2,5,9,11,14-16H2,1H3/b17-12+/t22-,23+,26-,28-/m1/s1. The number of hydrogen-bond donors (Lipinski definition) is 3. The Morgan fingerprint density at radius 2 is 1.84 bits per heavy atom. The fraction of sp³-hybridized carbons (Fsp3) is 0.400. The maximum absolute atomic E-state index is 13.9. The normalized spacial score (nSPS) is 25.3. The minimum absolute atomic E-state index is 0.0815. The molecular weight excluding hydrogens is 486 g/mol. The molecule has 0 saturated carbocycles. The number of aliphatic hydroxyl groups excluding tert-OH is 1. The highest BCUT2D eigenvalue weighted by Gasteiger charge is 2.53. The molecular formula is C30H32BFO6. The van der Waals surface area contributed by atoms with Crippen LogP contribution in [0.1, 0.15) is 65.3 Å². The van der Waals surface area contributed by atoms with Gasteiger partial charge >= 0.3 is 7.12 Å². The molecule has 0 amide bonds. The fourth-order valence-electron chi connectivity index (χ4n) is 6.57. The third kappa shape index (κ3) is 4.88. The van der Waals surface area contributed by atoms with Crippen molar-refractivity contribution >= 4 is 24.8 Å². The summed E-state index contributed by atoms with van der Waals surface area (Å²) in [6.45, 7) is 1.82. The summed E-state index contributed by atoms with van der Waals surface area (Å²) in [6, 6.07) is 11.2. The molecule has 198 valence electrons. The zero-order valence-corrected chi connectivity index (χ0v) is 21.4. The predicted molar refractivity (Wildman–Crippen MR) is 142 cm³/mol. The first-order chi connectivity index (χ1) is 18.3. The Kier molecular flexibility index (Phi) is 7.66. The number of phenols is 1. The minimum Gasteiger partial charge on any atom is -0.505 e. The van der Waals surface area contributed by atoms with E-state index in [1.807, 2.05) is 6.08 Å². The van der Waals surface area contributed by atoms with E-state index in [1.165, 1.54) is 12.1 Å². The molecule has 5 rings (SSSR count). The predicted octanol–water partition coefficient (Wildman–Crippen LogP) is 4.99. The second-order valence-electron chi connectivity index (χ2n) is 10.6. The van der Waals surface area contributed by atoms with Gasteiger partial charge in [0.25, 0.3) is 0 Å². The van der Waals surface area contributed by atoms with Gasteiger partial charge in [0, 0.05) is 23.0 Å². The number of hydrogen-bond acceptors (Lipinski definition) is 6. The molecule has 3 N–H and O–H groups in total. The molecule has 1 heterocycles. The van der Waals surface area contributed by atoms with E-state index in [4.69, 9.17) is 4.65 Å². The van der Waals surface area contributed by atoms with E-state index in [1.54, 1.807) is 30.3 Å². The SMILES string of the molecule is CCC/C(=C\c1ccc(O)c(F)c1)CC[C@H]1OB(O)C[C@H]2C1=C(CO)C[C@H]1C(=O)c3ccccc3C(=O)[C@H]12. The second kappa shape index (κ2) is 11.0. The molecule has 0 spiro atoms. The van der Waals surface area contributed by atoms with Crippen LogP contribution in [0.2, 0.25) is 6.32 Å². The molecule has 2 aromatic rings. The number of aliphatic hydroxyl groups is 1. The second-order valence-corrected chi connectivity index (χ2v) is 10.6. The number of aromatic hydroxyl groups is 1. The third-order valence-corrected chi connectivity index (χ3v) is 8.19. The van der Waals surface area contributed by atoms with E-state index in [2.05, 4.69) is 6.92 Å². The molecule has 0 radical (unpaired) electrons. The molecule has 1 saturated heterocycles. The van der Waals surface area contributed by atoms with Crippen LogP contribution in [0.4, 0.5) is 4.39 Å². The van der Waals surface area contributed by atoms with Gasteiger partial charge in [0.05, 0.1) is 12.7 Å². The summed E-state index contributed by atoms with van der Waals surface area (Å²) in [5.41, 5.74) is 4.13. The number of ketones is 2. The topological polar surface area (TPSA) is 104 Å². The molecule has 38 heavy (non-hydrogen) atoms. The highest BCUT2D eigenvalue weighted by Crippen LogP contribution is 2.50. The number of benzene rings is 2. The first-order valence-corrected chi connectivity index (χ1v) is 13.3. The quantitative estimate of drug-likeness (QED) is 0.352. The van der Waals surface area contributed by atoms with Crippen LogP contribution in [0.3, 0.4) is 0 Å². The van der Waals surface area contributed by atoms with Crippen molar-refractivity contribution in [3.63, 3.8) is 0 Å². The summed E-state index contributed by atoms with van der Waals surface area (Å²) < 4.78 is 19.9. The van der Waals surface area contributed by atoms with Crippen LogP contribution < -0.4 is 0 Å². The molecule has 3 aliphatic rings. The molecule has 8 heteroatoms. The fourth-order valence-corrected chi connectivity index (χ4v) is 6.57. The Balaban J connectivity index is 1.45. The molecule has 0 aromatic heterocycles. The highest BCUT2D eigenvalue weighted by atomic mass is 19.1. The maximum Gasteiger partial charge on any atom is 0.455 e. The molecule has 2 aromatic carbocycles. The van der Waals surface area contributed by atoms with Crippen molar-refractivity contribution < 1.29 is 33.9 Å². The van der Waals surface area contributed by atoms with Crippen LogP contribution >= 0.6 is 0 Å². The number of phenolic OH excluding ortho intramolecular Hbond substituents is 1. The number of allylic oxidation sites excluding steroid dienone is 1. The Hall–Kier alpha value is -3.07. The first-order valence-electron chi connectivity index (χ1n) is 13.3. The molecule has 1 aliphatic heterocycles. The van der Waals surface area contributed by atoms with Gasteiger partial charge in [-0.05, 0) is 66.8 Å². The average molecular weight is 518 g/mol. The van der Waals surface area contributed by atoms with Gasteiger partial charge in [0.2, 0.25) is 0 Å². The van der Waals surface area contributed by atoms with Crippen molar-refractivity contribution in [3.05, 3.63) is 81.7 Å². The number of carbonyl (C=O) groups excluding carboxylic acids is 2. The molecule has 1 fully saturated rings. The summed E-state index contributed by atoms with van der Waals surface area (Å²) in [4.78, 5) is 27.0. The Labute approximate surface area is 222 Å². The highest BCUT2D eigenvalue weighted by molar-refractivity contribution is 6.43. The van der Waals surface area contributed by atoms with Crippen molar-refractivity contribution in [2.45, 2.75) is 51.5 Å². The third-order valence-electron chi connectivity index (χ3n) is 8.19. The van der Waals surface area contributed by atoms with Gasteiger partial charge in [0.15, 0.2) is 23.1 Å². The molecule has 2 aliphatic carbocycles. The lowest BCUT2D eigenvalue weighted by atomic mass is 9.54. The number of halogens is 1. The lowest BCUT2D eigenvalue weighted by Gasteiger charge is -2.47. The largest absolute Gasteiger partial charge is 0.505 e. The van der Waals surface area contributed by atoms with Crippen LogP contribution in [0.5, 0.6) is 5.75 Å². The lowest BCUT2D eigenvalue weighted by molar-refractivity contribution is 0.0590. The van der Waals surface area contributed by atoms with Gasteiger partial charge in [0.1, 0.15) is 0 Å². The summed E-state index contributed by atoms with van der Waals surface area (Å²) in [7, 11) is -1.09. The zero-order valence-electron chi connectivity index (χ0n) is 21.4. The first kappa shape index (κ1) is 26.5. The molecule has 0 unspecified atom stereocenters. The van der Waals surface area contributed by atoms with E-state index in [0.717, 1.165) is 29.6 Å². The number of Topliss-reactive ketones (excluding diaryl/α,β-unsaturated/α-hetero) is 2.